The summed E-state index contributed by atoms with van der Waals surface area (Å²) in [5.74, 6) is -0.310. The number of rotatable bonds is 3. The monoisotopic (exact) mass is 257 g/mol. The molecule has 0 saturated carbocycles. The van der Waals surface area contributed by atoms with Crippen molar-refractivity contribution in [2.75, 3.05) is 19.6 Å². The largest absolute Gasteiger partial charge is 0.390 e. The van der Waals surface area contributed by atoms with E-state index >= 15 is 0 Å². The summed E-state index contributed by atoms with van der Waals surface area (Å²) >= 11 is 0. The van der Waals surface area contributed by atoms with E-state index in [0.717, 1.165) is 0 Å². The molecular formula is C12H23N3O3. The number of amides is 3. The third-order valence-electron chi connectivity index (χ3n) is 2.97. The van der Waals surface area contributed by atoms with Crippen LogP contribution in [0.2, 0.25) is 0 Å². The van der Waals surface area contributed by atoms with E-state index in [-0.39, 0.29) is 18.5 Å². The van der Waals surface area contributed by atoms with Crippen molar-refractivity contribution in [2.24, 2.45) is 0 Å². The number of nitrogens with zero attached hydrogens (tertiary/aromatic N) is 1. The van der Waals surface area contributed by atoms with Crippen LogP contribution in [0.5, 0.6) is 0 Å². The molecule has 1 aliphatic heterocycles. The molecular weight excluding hydrogens is 234 g/mol. The third-order valence-corrected chi connectivity index (χ3v) is 2.97. The van der Waals surface area contributed by atoms with Crippen LogP contribution in [0.25, 0.3) is 0 Å². The second-order valence-electron chi connectivity index (χ2n) is 5.45. The molecule has 1 aliphatic rings. The summed E-state index contributed by atoms with van der Waals surface area (Å²) in [5, 5.41) is 14.7. The molecule has 6 heteroatoms. The summed E-state index contributed by atoms with van der Waals surface area (Å²) in [5.41, 5.74) is -0.623. The second kappa shape index (κ2) is 6.15. The van der Waals surface area contributed by atoms with Crippen LogP contribution >= 0.6 is 0 Å². The van der Waals surface area contributed by atoms with Crippen LogP contribution in [0.1, 0.15) is 33.6 Å². The summed E-state index contributed by atoms with van der Waals surface area (Å²) in [6.45, 7) is 7.01. The van der Waals surface area contributed by atoms with Crippen LogP contribution < -0.4 is 10.6 Å². The average Bonchev–Trinajstić information content (AvgIpc) is 2.19. The number of carbonyl (C=O) groups excluding carboxylic acids is 2. The molecule has 0 aromatic rings. The van der Waals surface area contributed by atoms with Crippen molar-refractivity contribution in [1.29, 1.82) is 0 Å². The Bertz CT molecular complexity index is 306. The molecule has 1 rings (SSSR count). The van der Waals surface area contributed by atoms with Gasteiger partial charge >= 0.3 is 6.03 Å². The van der Waals surface area contributed by atoms with Crippen LogP contribution in [0.15, 0.2) is 0 Å². The number of hydrogen-bond acceptors (Lipinski definition) is 4. The van der Waals surface area contributed by atoms with Gasteiger partial charge in [0.1, 0.15) is 0 Å². The van der Waals surface area contributed by atoms with Crippen LogP contribution in [0.3, 0.4) is 0 Å². The van der Waals surface area contributed by atoms with E-state index in [0.29, 0.717) is 25.9 Å². The first-order valence-corrected chi connectivity index (χ1v) is 6.33. The molecule has 0 radical (unpaired) electrons. The topological polar surface area (TPSA) is 81.7 Å². The van der Waals surface area contributed by atoms with Crippen molar-refractivity contribution in [1.82, 2.24) is 15.5 Å². The number of aliphatic hydroxyl groups is 1. The summed E-state index contributed by atoms with van der Waals surface area (Å²) < 4.78 is 0. The number of urea groups is 1. The van der Waals surface area contributed by atoms with Crippen LogP contribution in [-0.4, -0.2) is 53.2 Å². The predicted molar refractivity (Wildman–Crippen MR) is 68.1 cm³/mol. The Labute approximate surface area is 108 Å². The summed E-state index contributed by atoms with van der Waals surface area (Å²) in [6.07, 6.45) is 1.30. The van der Waals surface area contributed by atoms with Gasteiger partial charge in [-0.1, -0.05) is 0 Å². The number of imide groups is 1. The maximum atomic E-state index is 11.6. The lowest BCUT2D eigenvalue weighted by atomic mass is 9.94. The lowest BCUT2D eigenvalue weighted by molar-refractivity contribution is -0.122. The van der Waals surface area contributed by atoms with Gasteiger partial charge in [-0.2, -0.15) is 0 Å². The standard InChI is InChI=1S/C12H23N3O3/c1-9(2)13-11(17)14-10(16)8-15-6-4-12(3,18)5-7-15/h9,18H,4-8H2,1-3H3,(H2,13,14,16,17). The van der Waals surface area contributed by atoms with E-state index in [9.17, 15) is 14.7 Å². The summed E-state index contributed by atoms with van der Waals surface area (Å²) in [6, 6.07) is -0.457. The van der Waals surface area contributed by atoms with Gasteiger partial charge in [-0.25, -0.2) is 4.79 Å². The molecule has 0 spiro atoms. The third kappa shape index (κ3) is 5.46. The summed E-state index contributed by atoms with van der Waals surface area (Å²) in [4.78, 5) is 24.8. The Kier molecular flexibility index (Phi) is 5.10. The highest BCUT2D eigenvalue weighted by molar-refractivity contribution is 5.95. The first kappa shape index (κ1) is 14.9. The molecule has 1 saturated heterocycles. The van der Waals surface area contributed by atoms with Crippen molar-refractivity contribution < 1.29 is 14.7 Å². The van der Waals surface area contributed by atoms with E-state index in [2.05, 4.69) is 10.6 Å². The Morgan fingerprint density at radius 2 is 1.89 bits per heavy atom. The van der Waals surface area contributed by atoms with E-state index < -0.39 is 11.6 Å². The molecule has 18 heavy (non-hydrogen) atoms. The Morgan fingerprint density at radius 3 is 2.39 bits per heavy atom. The quantitative estimate of drug-likeness (QED) is 0.668. The Hall–Kier alpha value is -1.14. The minimum atomic E-state index is -0.623. The molecule has 1 heterocycles. The molecule has 0 aromatic heterocycles. The fourth-order valence-corrected chi connectivity index (χ4v) is 1.86. The maximum absolute atomic E-state index is 11.6. The van der Waals surface area contributed by atoms with Gasteiger partial charge in [0.2, 0.25) is 5.91 Å². The Balaban J connectivity index is 2.27. The highest BCUT2D eigenvalue weighted by Crippen LogP contribution is 2.20. The molecule has 3 amide bonds. The minimum Gasteiger partial charge on any atom is -0.390 e. The zero-order chi connectivity index (χ0) is 13.8. The summed E-state index contributed by atoms with van der Waals surface area (Å²) in [7, 11) is 0. The SMILES string of the molecule is CC(C)NC(=O)NC(=O)CN1CCC(C)(O)CC1. The normalized spacial score (nSPS) is 19.6. The minimum absolute atomic E-state index is 0.00267. The van der Waals surface area contributed by atoms with Gasteiger partial charge in [-0.15, -0.1) is 0 Å². The second-order valence-corrected chi connectivity index (χ2v) is 5.45. The highest BCUT2D eigenvalue weighted by Gasteiger charge is 2.28. The van der Waals surface area contributed by atoms with Crippen LogP contribution in [-0.2, 0) is 4.79 Å². The first-order valence-electron chi connectivity index (χ1n) is 6.33. The number of piperidine rings is 1. The van der Waals surface area contributed by atoms with Gasteiger partial charge in [0, 0.05) is 19.1 Å². The number of carbonyl (C=O) groups is 2. The predicted octanol–water partition coefficient (Wildman–Crippen LogP) is 0.0674. The van der Waals surface area contributed by atoms with Gasteiger partial charge < -0.3 is 10.4 Å². The maximum Gasteiger partial charge on any atom is 0.321 e. The number of hydrogen-bond donors (Lipinski definition) is 3. The van der Waals surface area contributed by atoms with Crippen molar-refractivity contribution in [2.45, 2.75) is 45.3 Å². The molecule has 0 bridgehead atoms. The molecule has 1 fully saturated rings. The van der Waals surface area contributed by atoms with Gasteiger partial charge in [0.15, 0.2) is 0 Å². The van der Waals surface area contributed by atoms with Gasteiger partial charge in [0.05, 0.1) is 12.1 Å². The van der Waals surface area contributed by atoms with Crippen LogP contribution in [0.4, 0.5) is 4.79 Å². The zero-order valence-electron chi connectivity index (χ0n) is 11.3. The van der Waals surface area contributed by atoms with E-state index in [1.807, 2.05) is 18.7 Å². The molecule has 3 N–H and O–H groups in total. The number of likely N-dealkylation sites (tertiary alicyclic amines) is 1. The molecule has 0 aliphatic carbocycles. The lowest BCUT2D eigenvalue weighted by Crippen LogP contribution is -2.49. The molecule has 0 unspecified atom stereocenters. The Morgan fingerprint density at radius 1 is 1.33 bits per heavy atom. The molecule has 6 nitrogen and oxygen atoms in total. The van der Waals surface area contributed by atoms with Crippen molar-refractivity contribution in [3.8, 4) is 0 Å². The van der Waals surface area contributed by atoms with Gasteiger partial charge in [-0.3, -0.25) is 15.0 Å². The van der Waals surface area contributed by atoms with E-state index in [1.54, 1.807) is 6.92 Å². The fraction of sp³-hybridized carbons (Fsp3) is 0.833. The van der Waals surface area contributed by atoms with Crippen molar-refractivity contribution in [3.05, 3.63) is 0 Å². The zero-order valence-corrected chi connectivity index (χ0v) is 11.3. The van der Waals surface area contributed by atoms with Gasteiger partial charge in [-0.05, 0) is 33.6 Å². The molecule has 0 aromatic carbocycles. The first-order chi connectivity index (χ1) is 8.28. The molecule has 0 atom stereocenters. The number of nitrogens with one attached hydrogen (secondary N) is 2. The average molecular weight is 257 g/mol. The smallest absolute Gasteiger partial charge is 0.321 e. The lowest BCUT2D eigenvalue weighted by Gasteiger charge is -2.35. The van der Waals surface area contributed by atoms with Crippen molar-refractivity contribution >= 4 is 11.9 Å². The van der Waals surface area contributed by atoms with Gasteiger partial charge in [0.25, 0.3) is 0 Å². The highest BCUT2D eigenvalue weighted by atomic mass is 16.3. The van der Waals surface area contributed by atoms with Crippen molar-refractivity contribution in [3.63, 3.8) is 0 Å². The van der Waals surface area contributed by atoms with E-state index in [1.165, 1.54) is 0 Å². The molecule has 104 valence electrons. The van der Waals surface area contributed by atoms with Crippen LogP contribution in [0, 0.1) is 0 Å². The van der Waals surface area contributed by atoms with E-state index in [4.69, 9.17) is 0 Å². The fourth-order valence-electron chi connectivity index (χ4n) is 1.86.